The summed E-state index contributed by atoms with van der Waals surface area (Å²) in [6, 6.07) is 12.2. The van der Waals surface area contributed by atoms with Crippen molar-refractivity contribution >= 4 is 23.5 Å². The molecule has 0 bridgehead atoms. The van der Waals surface area contributed by atoms with Gasteiger partial charge in [-0.1, -0.05) is 30.3 Å². The number of furan rings is 1. The van der Waals surface area contributed by atoms with Crippen molar-refractivity contribution in [3.8, 4) is 11.3 Å². The molecule has 6 nitrogen and oxygen atoms in total. The van der Waals surface area contributed by atoms with Crippen LogP contribution in [0, 0.1) is 5.92 Å². The molecule has 2 aromatic rings. The number of alkyl halides is 1. The zero-order valence-corrected chi connectivity index (χ0v) is 12.0. The molecule has 1 aromatic heterocycles. The molecule has 0 fully saturated rings. The van der Waals surface area contributed by atoms with Crippen LogP contribution in [0.2, 0.25) is 0 Å². The van der Waals surface area contributed by atoms with Crippen LogP contribution in [0.5, 0.6) is 0 Å². The average molecular weight is 319 g/mol. The van der Waals surface area contributed by atoms with Gasteiger partial charge in [-0.15, -0.1) is 0 Å². The fraction of sp³-hybridized carbons (Fsp3) is 0.188. The van der Waals surface area contributed by atoms with Crippen molar-refractivity contribution in [3.63, 3.8) is 0 Å². The molecule has 1 atom stereocenters. The van der Waals surface area contributed by atoms with Crippen molar-refractivity contribution in [1.29, 1.82) is 0 Å². The minimum absolute atomic E-state index is 0.0518. The Kier molecular flexibility index (Phi) is 5.24. The Hall–Kier alpha value is -2.96. The molecular formula is C16H14FNO5. The molecule has 7 heteroatoms. The number of carboxylic acids is 1. The molecule has 0 aliphatic carbocycles. The lowest BCUT2D eigenvalue weighted by Crippen LogP contribution is -2.32. The van der Waals surface area contributed by atoms with Gasteiger partial charge in [-0.3, -0.25) is 19.7 Å². The third kappa shape index (κ3) is 4.26. The van der Waals surface area contributed by atoms with Gasteiger partial charge in [0.05, 0.1) is 6.42 Å². The van der Waals surface area contributed by atoms with Crippen molar-refractivity contribution in [3.05, 3.63) is 42.5 Å². The molecule has 2 rings (SSSR count). The van der Waals surface area contributed by atoms with Gasteiger partial charge in [0.1, 0.15) is 18.4 Å². The Bertz CT molecular complexity index is 710. The van der Waals surface area contributed by atoms with E-state index in [2.05, 4.69) is 5.32 Å². The van der Waals surface area contributed by atoms with Gasteiger partial charge < -0.3 is 9.52 Å². The van der Waals surface area contributed by atoms with Gasteiger partial charge in [-0.2, -0.15) is 0 Å². The summed E-state index contributed by atoms with van der Waals surface area (Å²) in [5, 5.41) is 11.0. The molecular weight excluding hydrogens is 305 g/mol. The number of anilines is 1. The molecule has 1 unspecified atom stereocenters. The van der Waals surface area contributed by atoms with Crippen molar-refractivity contribution < 1.29 is 28.3 Å². The first-order chi connectivity index (χ1) is 11.0. The van der Waals surface area contributed by atoms with E-state index >= 15 is 0 Å². The second-order valence-electron chi connectivity index (χ2n) is 4.77. The minimum atomic E-state index is -1.59. The number of carbonyl (C=O) groups excluding carboxylic acids is 2. The van der Waals surface area contributed by atoms with Crippen LogP contribution in [0.3, 0.4) is 0 Å². The van der Waals surface area contributed by atoms with Gasteiger partial charge in [-0.05, 0) is 6.07 Å². The number of carboxylic acid groups (broad SMARTS) is 1. The summed E-state index contributed by atoms with van der Waals surface area (Å²) in [7, 11) is 0. The van der Waals surface area contributed by atoms with Crippen LogP contribution in [0.15, 0.2) is 46.9 Å². The monoisotopic (exact) mass is 319 g/mol. The lowest BCUT2D eigenvalue weighted by Gasteiger charge is -2.10. The summed E-state index contributed by atoms with van der Waals surface area (Å²) in [5.74, 6) is -4.41. The maximum Gasteiger partial charge on any atom is 0.304 e. The van der Waals surface area contributed by atoms with Crippen LogP contribution in [0.25, 0.3) is 11.3 Å². The maximum atomic E-state index is 12.5. The molecule has 0 aliphatic rings. The lowest BCUT2D eigenvalue weighted by molar-refractivity contribution is -0.144. The van der Waals surface area contributed by atoms with Gasteiger partial charge in [0.25, 0.3) is 0 Å². The van der Waals surface area contributed by atoms with Crippen molar-refractivity contribution in [1.82, 2.24) is 0 Å². The highest BCUT2D eigenvalue weighted by atomic mass is 19.1. The highest BCUT2D eigenvalue weighted by molar-refractivity contribution is 6.08. The molecule has 23 heavy (non-hydrogen) atoms. The first kappa shape index (κ1) is 16.4. The Morgan fingerprint density at radius 3 is 2.43 bits per heavy atom. The number of aliphatic carboxylic acids is 1. The van der Waals surface area contributed by atoms with Crippen LogP contribution >= 0.6 is 0 Å². The highest BCUT2D eigenvalue weighted by Crippen LogP contribution is 2.25. The van der Waals surface area contributed by atoms with E-state index in [0.29, 0.717) is 5.76 Å². The third-order valence-corrected chi connectivity index (χ3v) is 3.13. The van der Waals surface area contributed by atoms with E-state index in [0.717, 1.165) is 5.56 Å². The zero-order valence-electron chi connectivity index (χ0n) is 12.0. The number of carbonyl (C=O) groups is 3. The Labute approximate surface area is 130 Å². The summed E-state index contributed by atoms with van der Waals surface area (Å²) in [5.41, 5.74) is 0.787. The normalized spacial score (nSPS) is 11.7. The summed E-state index contributed by atoms with van der Waals surface area (Å²) in [6.45, 7) is -1.40. The highest BCUT2D eigenvalue weighted by Gasteiger charge is 2.29. The number of rotatable bonds is 7. The first-order valence-corrected chi connectivity index (χ1v) is 6.78. The second-order valence-corrected chi connectivity index (χ2v) is 4.77. The van der Waals surface area contributed by atoms with Crippen molar-refractivity contribution in [2.45, 2.75) is 6.42 Å². The summed E-state index contributed by atoms with van der Waals surface area (Å²) in [4.78, 5) is 34.0. The average Bonchev–Trinajstić information content (AvgIpc) is 3.01. The SMILES string of the molecule is O=C(O)CC(C(=O)CF)C(=O)Nc1ccc(-c2ccccc2)o1. The van der Waals surface area contributed by atoms with Crippen molar-refractivity contribution in [2.75, 3.05) is 12.0 Å². The molecule has 0 radical (unpaired) electrons. The number of hydrogen-bond donors (Lipinski definition) is 2. The Morgan fingerprint density at radius 2 is 1.83 bits per heavy atom. The summed E-state index contributed by atoms with van der Waals surface area (Å²) in [6.07, 6.45) is -0.777. The fourth-order valence-corrected chi connectivity index (χ4v) is 1.99. The molecule has 120 valence electrons. The molecule has 1 amide bonds. The van der Waals surface area contributed by atoms with E-state index in [1.54, 1.807) is 6.07 Å². The van der Waals surface area contributed by atoms with Crippen LogP contribution in [-0.4, -0.2) is 29.4 Å². The Morgan fingerprint density at radius 1 is 1.13 bits per heavy atom. The van der Waals surface area contributed by atoms with E-state index in [1.165, 1.54) is 6.07 Å². The van der Waals surface area contributed by atoms with Gasteiger partial charge in [0, 0.05) is 11.6 Å². The molecule has 0 aliphatic heterocycles. The largest absolute Gasteiger partial charge is 0.481 e. The molecule has 2 N–H and O–H groups in total. The molecule has 1 heterocycles. The number of amides is 1. The minimum Gasteiger partial charge on any atom is -0.481 e. The molecule has 0 saturated carbocycles. The number of halogens is 1. The van der Waals surface area contributed by atoms with Crippen molar-refractivity contribution in [2.24, 2.45) is 5.92 Å². The van der Waals surface area contributed by atoms with Gasteiger partial charge in [0.15, 0.2) is 11.7 Å². The predicted molar refractivity (Wildman–Crippen MR) is 79.5 cm³/mol. The quantitative estimate of drug-likeness (QED) is 0.764. The lowest BCUT2D eigenvalue weighted by atomic mass is 10.00. The summed E-state index contributed by atoms with van der Waals surface area (Å²) >= 11 is 0. The van der Waals surface area contributed by atoms with Gasteiger partial charge in [0.2, 0.25) is 5.91 Å². The molecule has 0 saturated heterocycles. The fourth-order valence-electron chi connectivity index (χ4n) is 1.99. The van der Waals surface area contributed by atoms with Gasteiger partial charge >= 0.3 is 5.97 Å². The van der Waals surface area contributed by atoms with Gasteiger partial charge in [-0.25, -0.2) is 4.39 Å². The molecule has 0 spiro atoms. The zero-order chi connectivity index (χ0) is 16.8. The molecule has 1 aromatic carbocycles. The van der Waals surface area contributed by atoms with Crippen LogP contribution in [0.4, 0.5) is 10.3 Å². The number of benzene rings is 1. The number of ketones is 1. The predicted octanol–water partition coefficient (Wildman–Crippen LogP) is 2.51. The van der Waals surface area contributed by atoms with Crippen LogP contribution in [0.1, 0.15) is 6.42 Å². The van der Waals surface area contributed by atoms with Crippen LogP contribution in [-0.2, 0) is 14.4 Å². The van der Waals surface area contributed by atoms with Crippen LogP contribution < -0.4 is 5.32 Å². The maximum absolute atomic E-state index is 12.5. The smallest absolute Gasteiger partial charge is 0.304 e. The van der Waals surface area contributed by atoms with E-state index in [-0.39, 0.29) is 5.88 Å². The summed E-state index contributed by atoms with van der Waals surface area (Å²) < 4.78 is 17.9. The third-order valence-electron chi connectivity index (χ3n) is 3.13. The second kappa shape index (κ2) is 7.35. The Balaban J connectivity index is 2.11. The van der Waals surface area contributed by atoms with E-state index in [4.69, 9.17) is 9.52 Å². The van der Waals surface area contributed by atoms with E-state index in [1.807, 2.05) is 30.3 Å². The number of hydrogen-bond acceptors (Lipinski definition) is 4. The standard InChI is InChI=1S/C16H14FNO5/c17-9-12(19)11(8-15(20)21)16(22)18-14-7-6-13(23-14)10-4-2-1-3-5-10/h1-7,11H,8-9H2,(H,18,22)(H,20,21). The number of nitrogens with one attached hydrogen (secondary N) is 1. The topological polar surface area (TPSA) is 96.6 Å². The van der Waals surface area contributed by atoms with E-state index < -0.39 is 36.7 Å². The number of Topliss-reactive ketones (excluding diaryl/α,β-unsaturated/α-hetero) is 1. The first-order valence-electron chi connectivity index (χ1n) is 6.78. The van der Waals surface area contributed by atoms with E-state index in [9.17, 15) is 18.8 Å².